The molecule has 1 fully saturated rings. The van der Waals surface area contributed by atoms with Crippen LogP contribution in [0.5, 0.6) is 0 Å². The molecular formula is C23H33N5O3. The number of nitrogens with zero attached hydrogens (tertiary/aromatic N) is 4. The molecule has 3 rings (SSSR count). The van der Waals surface area contributed by atoms with Gasteiger partial charge in [0, 0.05) is 56.4 Å². The van der Waals surface area contributed by atoms with Gasteiger partial charge in [-0.15, -0.1) is 0 Å². The van der Waals surface area contributed by atoms with Crippen molar-refractivity contribution >= 4 is 11.8 Å². The fourth-order valence-electron chi connectivity index (χ4n) is 4.00. The maximum absolute atomic E-state index is 12.7. The van der Waals surface area contributed by atoms with Crippen molar-refractivity contribution in [1.29, 1.82) is 0 Å². The van der Waals surface area contributed by atoms with Gasteiger partial charge in [-0.2, -0.15) is 4.98 Å². The number of rotatable bonds is 10. The number of carbonyl (C=O) groups is 2. The van der Waals surface area contributed by atoms with Crippen LogP contribution in [0.25, 0.3) is 11.4 Å². The Kier molecular flexibility index (Phi) is 8.55. The van der Waals surface area contributed by atoms with Crippen LogP contribution in [-0.4, -0.2) is 51.0 Å². The molecule has 0 unspecified atom stereocenters. The lowest BCUT2D eigenvalue weighted by Crippen LogP contribution is -2.52. The quantitative estimate of drug-likeness (QED) is 0.624. The first-order chi connectivity index (χ1) is 15.1. The van der Waals surface area contributed by atoms with Crippen molar-refractivity contribution < 1.29 is 14.1 Å². The van der Waals surface area contributed by atoms with Crippen molar-refractivity contribution in [2.45, 2.75) is 71.3 Å². The molecule has 0 aromatic carbocycles. The third-order valence-corrected chi connectivity index (χ3v) is 5.88. The number of piperidine rings is 1. The average molecular weight is 428 g/mol. The number of unbranched alkanes of at least 4 members (excludes halogenated alkanes) is 1. The number of hydrogen-bond acceptors (Lipinski definition) is 6. The van der Waals surface area contributed by atoms with E-state index in [4.69, 9.17) is 4.52 Å². The predicted octanol–water partition coefficient (Wildman–Crippen LogP) is 3.39. The first-order valence-corrected chi connectivity index (χ1v) is 11.4. The van der Waals surface area contributed by atoms with Crippen molar-refractivity contribution in [3.05, 3.63) is 30.4 Å². The van der Waals surface area contributed by atoms with Crippen LogP contribution in [0.1, 0.15) is 64.7 Å². The van der Waals surface area contributed by atoms with E-state index in [1.54, 1.807) is 12.4 Å². The standard InChI is InChI=1S/C23H33N5O3/c1-3-5-9-20(29)25-19-12-14-28(16-17(19)4-2)22(30)11-6-10-21-26-23(27-31-21)18-8-7-13-24-15-18/h7-8,13,15,17,19H,3-6,9-12,14,16H2,1-2H3,(H,25,29)/t17-,19+/m1/s1. The largest absolute Gasteiger partial charge is 0.353 e. The highest BCUT2D eigenvalue weighted by atomic mass is 16.5. The lowest BCUT2D eigenvalue weighted by atomic mass is 9.89. The van der Waals surface area contributed by atoms with Gasteiger partial charge in [-0.25, -0.2) is 0 Å². The van der Waals surface area contributed by atoms with Crippen molar-refractivity contribution in [3.8, 4) is 11.4 Å². The Morgan fingerprint density at radius 3 is 2.87 bits per heavy atom. The summed E-state index contributed by atoms with van der Waals surface area (Å²) in [4.78, 5) is 35.2. The Bertz CT molecular complexity index is 839. The molecule has 1 saturated heterocycles. The summed E-state index contributed by atoms with van der Waals surface area (Å²) < 4.78 is 5.31. The Balaban J connectivity index is 1.43. The summed E-state index contributed by atoms with van der Waals surface area (Å²) in [6.45, 7) is 5.61. The van der Waals surface area contributed by atoms with Crippen molar-refractivity contribution in [2.75, 3.05) is 13.1 Å². The van der Waals surface area contributed by atoms with Gasteiger partial charge in [0.1, 0.15) is 0 Å². The third kappa shape index (κ3) is 6.60. The van der Waals surface area contributed by atoms with Gasteiger partial charge in [0.2, 0.25) is 23.5 Å². The van der Waals surface area contributed by atoms with Crippen LogP contribution in [0, 0.1) is 5.92 Å². The second-order valence-electron chi connectivity index (χ2n) is 8.18. The molecular weight excluding hydrogens is 394 g/mol. The second kappa shape index (κ2) is 11.6. The van der Waals surface area contributed by atoms with Crippen molar-refractivity contribution in [3.63, 3.8) is 0 Å². The minimum Gasteiger partial charge on any atom is -0.353 e. The van der Waals surface area contributed by atoms with Gasteiger partial charge in [-0.05, 0) is 43.7 Å². The number of aromatic nitrogens is 3. The zero-order valence-corrected chi connectivity index (χ0v) is 18.5. The van der Waals surface area contributed by atoms with E-state index in [2.05, 4.69) is 34.3 Å². The Morgan fingerprint density at radius 2 is 2.13 bits per heavy atom. The van der Waals surface area contributed by atoms with Gasteiger partial charge in [-0.3, -0.25) is 14.6 Å². The lowest BCUT2D eigenvalue weighted by molar-refractivity contribution is -0.133. The van der Waals surface area contributed by atoms with Gasteiger partial charge in [0.25, 0.3) is 0 Å². The zero-order chi connectivity index (χ0) is 22.1. The number of hydrogen-bond donors (Lipinski definition) is 1. The van der Waals surface area contributed by atoms with Gasteiger partial charge in [0.05, 0.1) is 0 Å². The Morgan fingerprint density at radius 1 is 1.26 bits per heavy atom. The molecule has 0 spiro atoms. The van der Waals surface area contributed by atoms with Crippen molar-refractivity contribution in [1.82, 2.24) is 25.3 Å². The van der Waals surface area contributed by atoms with E-state index >= 15 is 0 Å². The van der Waals surface area contributed by atoms with E-state index in [0.29, 0.717) is 56.4 Å². The van der Waals surface area contributed by atoms with Crippen LogP contribution in [0.3, 0.4) is 0 Å². The van der Waals surface area contributed by atoms with Gasteiger partial charge < -0.3 is 14.7 Å². The SMILES string of the molecule is CCCCC(=O)N[C@H]1CCN(C(=O)CCCc2nc(-c3cccnc3)no2)C[C@H]1CC. The number of pyridine rings is 1. The van der Waals surface area contributed by atoms with E-state index in [1.807, 2.05) is 17.0 Å². The van der Waals surface area contributed by atoms with Crippen molar-refractivity contribution in [2.24, 2.45) is 5.92 Å². The summed E-state index contributed by atoms with van der Waals surface area (Å²) in [7, 11) is 0. The Hall–Kier alpha value is -2.77. The van der Waals surface area contributed by atoms with Crippen LogP contribution < -0.4 is 5.32 Å². The smallest absolute Gasteiger partial charge is 0.226 e. The molecule has 2 aromatic rings. The monoisotopic (exact) mass is 427 g/mol. The van der Waals surface area contributed by atoms with Crippen LogP contribution in [-0.2, 0) is 16.0 Å². The summed E-state index contributed by atoms with van der Waals surface area (Å²) in [6, 6.07) is 3.88. The van der Waals surface area contributed by atoms with E-state index < -0.39 is 0 Å². The molecule has 168 valence electrons. The topological polar surface area (TPSA) is 101 Å². The van der Waals surface area contributed by atoms with Gasteiger partial charge in [0.15, 0.2) is 0 Å². The highest BCUT2D eigenvalue weighted by Crippen LogP contribution is 2.22. The first-order valence-electron chi connectivity index (χ1n) is 11.4. The molecule has 1 N–H and O–H groups in total. The van der Waals surface area contributed by atoms with Gasteiger partial charge >= 0.3 is 0 Å². The van der Waals surface area contributed by atoms with E-state index in [-0.39, 0.29) is 17.9 Å². The molecule has 2 aromatic heterocycles. The van der Waals surface area contributed by atoms with E-state index in [1.165, 1.54) is 0 Å². The summed E-state index contributed by atoms with van der Waals surface area (Å²) in [5.41, 5.74) is 0.809. The summed E-state index contributed by atoms with van der Waals surface area (Å²) in [5.74, 6) is 1.65. The third-order valence-electron chi connectivity index (χ3n) is 5.88. The fourth-order valence-corrected chi connectivity index (χ4v) is 4.00. The normalized spacial score (nSPS) is 18.7. The second-order valence-corrected chi connectivity index (χ2v) is 8.18. The first kappa shape index (κ1) is 22.9. The molecule has 0 bridgehead atoms. The number of carbonyl (C=O) groups excluding carboxylic acids is 2. The summed E-state index contributed by atoms with van der Waals surface area (Å²) >= 11 is 0. The molecule has 1 aliphatic heterocycles. The zero-order valence-electron chi connectivity index (χ0n) is 18.5. The van der Waals surface area contributed by atoms with Crippen LogP contribution >= 0.6 is 0 Å². The number of likely N-dealkylation sites (tertiary alicyclic amines) is 1. The van der Waals surface area contributed by atoms with E-state index in [9.17, 15) is 9.59 Å². The van der Waals surface area contributed by atoms with Crippen LogP contribution in [0.2, 0.25) is 0 Å². The average Bonchev–Trinajstić information content (AvgIpc) is 3.27. The van der Waals surface area contributed by atoms with Crippen LogP contribution in [0.15, 0.2) is 29.0 Å². The number of aryl methyl sites for hydroxylation is 1. The number of amides is 2. The molecule has 2 atom stereocenters. The molecule has 0 radical (unpaired) electrons. The fraction of sp³-hybridized carbons (Fsp3) is 0.609. The Labute approximate surface area is 183 Å². The lowest BCUT2D eigenvalue weighted by Gasteiger charge is -2.38. The highest BCUT2D eigenvalue weighted by Gasteiger charge is 2.31. The highest BCUT2D eigenvalue weighted by molar-refractivity contribution is 5.77. The predicted molar refractivity (Wildman–Crippen MR) is 117 cm³/mol. The maximum atomic E-state index is 12.7. The minimum absolute atomic E-state index is 0.135. The molecule has 0 aliphatic carbocycles. The molecule has 31 heavy (non-hydrogen) atoms. The molecule has 3 heterocycles. The molecule has 8 nitrogen and oxygen atoms in total. The van der Waals surface area contributed by atoms with Crippen LogP contribution in [0.4, 0.5) is 0 Å². The van der Waals surface area contributed by atoms with E-state index in [0.717, 1.165) is 31.2 Å². The van der Waals surface area contributed by atoms with Gasteiger partial charge in [-0.1, -0.05) is 25.4 Å². The molecule has 8 heteroatoms. The molecule has 1 aliphatic rings. The number of nitrogens with one attached hydrogen (secondary N) is 1. The summed E-state index contributed by atoms with van der Waals surface area (Å²) in [6.07, 6.45) is 9.37. The molecule has 0 saturated carbocycles. The maximum Gasteiger partial charge on any atom is 0.226 e. The molecule has 2 amide bonds. The minimum atomic E-state index is 0.135. The summed E-state index contributed by atoms with van der Waals surface area (Å²) in [5, 5.41) is 7.18.